The summed E-state index contributed by atoms with van der Waals surface area (Å²) in [5.41, 5.74) is 0. The molecule has 2 N–H and O–H groups in total. The second-order valence-corrected chi connectivity index (χ2v) is 3.47. The van der Waals surface area contributed by atoms with Crippen LogP contribution in [-0.4, -0.2) is 40.8 Å². The Hall–Kier alpha value is 1.41. The van der Waals surface area contributed by atoms with Crippen LogP contribution in [0.2, 0.25) is 0 Å². The van der Waals surface area contributed by atoms with Crippen molar-refractivity contribution in [3.63, 3.8) is 0 Å². The van der Waals surface area contributed by atoms with E-state index in [4.69, 9.17) is 35.0 Å². The number of ketones is 1. The molecule has 0 aromatic rings. The molecule has 0 radical (unpaired) electrons. The minimum absolute atomic E-state index is 0. The van der Waals surface area contributed by atoms with Gasteiger partial charge in [0.15, 0.2) is 0 Å². The molecule has 0 aliphatic heterocycles. The summed E-state index contributed by atoms with van der Waals surface area (Å²) in [5, 5.41) is 0. The Kier molecular flexibility index (Phi) is 27.5. The largest absolute Gasteiger partial charge is 1.00 e. The van der Waals surface area contributed by atoms with Crippen molar-refractivity contribution in [3.05, 3.63) is 0 Å². The molecule has 0 heterocycles. The second kappa shape index (κ2) is 14.5. The Morgan fingerprint density at radius 3 is 0.875 bits per heavy atom. The van der Waals surface area contributed by atoms with Gasteiger partial charge >= 0.3 is 59.1 Å². The van der Waals surface area contributed by atoms with Crippen molar-refractivity contribution in [2.75, 3.05) is 0 Å². The number of carbonyl (C=O) groups excluding carboxylic acids is 1. The maximum atomic E-state index is 9.44. The fourth-order valence-corrected chi connectivity index (χ4v) is 0. The van der Waals surface area contributed by atoms with Crippen molar-refractivity contribution in [1.82, 2.24) is 0 Å². The molecule has 0 saturated heterocycles. The van der Waals surface area contributed by atoms with E-state index in [1.165, 1.54) is 13.8 Å². The van der Waals surface area contributed by atoms with E-state index in [2.05, 4.69) is 0 Å². The van der Waals surface area contributed by atoms with Crippen LogP contribution in [0, 0.1) is 0 Å². The van der Waals surface area contributed by atoms with Gasteiger partial charge in [0.05, 0.1) is 0 Å². The van der Waals surface area contributed by atoms with E-state index in [0.717, 1.165) is 0 Å². The van der Waals surface area contributed by atoms with Crippen LogP contribution in [0.25, 0.3) is 0 Å². The topological polar surface area (TPSA) is 172 Å². The first-order valence-corrected chi connectivity index (χ1v) is 5.30. The summed E-state index contributed by atoms with van der Waals surface area (Å²) in [6.45, 7) is 3.06. The fraction of sp³-hybridized carbons (Fsp3) is 0.667. The Bertz CT molecular complexity index is 293. The Balaban J connectivity index is -0.0000000358. The van der Waals surface area contributed by atoms with E-state index in [0.29, 0.717) is 0 Å². The molecule has 0 aliphatic carbocycles. The smallest absolute Gasteiger partial charge is 0.726 e. The standard InChI is InChI=1S/C3H6O.2Na.2H2O4S/c1-3(2)4;;;2*1-5(2,3)4/h1-2H3;;;2*(H2,1,2,3,4)/q;2*+1;;/p-2. The third-order valence-electron chi connectivity index (χ3n) is 0. The number of Topliss-reactive ketones (excluding diaryl/α,β-unsaturated/α-hetero) is 1. The van der Waals surface area contributed by atoms with Crippen molar-refractivity contribution in [2.45, 2.75) is 13.8 Å². The van der Waals surface area contributed by atoms with E-state index in [-0.39, 0.29) is 64.9 Å². The van der Waals surface area contributed by atoms with Gasteiger partial charge in [0.25, 0.3) is 0 Å². The first kappa shape index (κ1) is 30.4. The van der Waals surface area contributed by atoms with Gasteiger partial charge in [-0.2, -0.15) is 0 Å². The number of rotatable bonds is 0. The van der Waals surface area contributed by atoms with Crippen LogP contribution >= 0.6 is 0 Å². The summed E-state index contributed by atoms with van der Waals surface area (Å²) >= 11 is 0. The van der Waals surface area contributed by atoms with Gasteiger partial charge in [-0.3, -0.25) is 9.11 Å². The number of carbonyl (C=O) groups is 1. The van der Waals surface area contributed by atoms with Crippen LogP contribution in [-0.2, 0) is 25.6 Å². The first-order chi connectivity index (χ1) is 5.73. The molecular formula is C3H8Na2O9S2. The van der Waals surface area contributed by atoms with Crippen molar-refractivity contribution in [3.8, 4) is 0 Å². The van der Waals surface area contributed by atoms with E-state index in [1.54, 1.807) is 0 Å². The maximum absolute atomic E-state index is 9.44. The Morgan fingerprint density at radius 2 is 0.875 bits per heavy atom. The van der Waals surface area contributed by atoms with Crippen LogP contribution in [0.3, 0.4) is 0 Å². The van der Waals surface area contributed by atoms with E-state index in [9.17, 15) is 4.79 Å². The van der Waals surface area contributed by atoms with Crippen LogP contribution in [0.5, 0.6) is 0 Å². The molecule has 0 fully saturated rings. The van der Waals surface area contributed by atoms with Gasteiger partial charge in [-0.15, -0.1) is 0 Å². The molecule has 0 aromatic heterocycles. The monoisotopic (exact) mass is 298 g/mol. The Labute approximate surface area is 138 Å². The minimum atomic E-state index is -4.92. The fourth-order valence-electron chi connectivity index (χ4n) is 0. The molecule has 0 rings (SSSR count). The predicted molar refractivity (Wildman–Crippen MR) is 41.0 cm³/mol. The van der Waals surface area contributed by atoms with Crippen LogP contribution in [0.4, 0.5) is 0 Å². The second-order valence-electron chi connectivity index (χ2n) is 1.76. The average molecular weight is 298 g/mol. The molecule has 0 aliphatic rings. The average Bonchev–Trinajstić information content (AvgIpc) is 1.45. The van der Waals surface area contributed by atoms with Crippen molar-refractivity contribution in [1.29, 1.82) is 0 Å². The Morgan fingerprint density at radius 1 is 0.875 bits per heavy atom. The van der Waals surface area contributed by atoms with Gasteiger partial charge in [-0.25, -0.2) is 16.8 Å². The molecule has 0 spiro atoms. The van der Waals surface area contributed by atoms with E-state index < -0.39 is 20.8 Å². The van der Waals surface area contributed by atoms with Gasteiger partial charge in [0.1, 0.15) is 5.78 Å². The summed E-state index contributed by atoms with van der Waals surface area (Å²) in [6.07, 6.45) is 0. The number of hydrogen-bond donors (Lipinski definition) is 2. The molecule has 0 atom stereocenters. The first-order valence-electron chi connectivity index (χ1n) is 2.57. The molecule has 16 heavy (non-hydrogen) atoms. The third-order valence-corrected chi connectivity index (χ3v) is 0. The van der Waals surface area contributed by atoms with Crippen LogP contribution < -0.4 is 59.1 Å². The van der Waals surface area contributed by atoms with Gasteiger partial charge < -0.3 is 13.9 Å². The van der Waals surface area contributed by atoms with Crippen LogP contribution in [0.1, 0.15) is 13.8 Å². The summed E-state index contributed by atoms with van der Waals surface area (Å²) in [6, 6.07) is 0. The van der Waals surface area contributed by atoms with Gasteiger partial charge in [0, 0.05) is 0 Å². The summed E-state index contributed by atoms with van der Waals surface area (Å²) in [7, 11) is -9.83. The van der Waals surface area contributed by atoms with Crippen molar-refractivity contribution < 1.29 is 99.0 Å². The summed E-state index contributed by atoms with van der Waals surface area (Å²) in [4.78, 5) is 9.44. The van der Waals surface area contributed by atoms with E-state index >= 15 is 0 Å². The van der Waals surface area contributed by atoms with Crippen molar-refractivity contribution in [2.24, 2.45) is 0 Å². The predicted octanol–water partition coefficient (Wildman–Crippen LogP) is -7.39. The SMILES string of the molecule is CC(C)=O.O=S(=O)([O-])O.O=S(=O)([O-])O.[Na+].[Na+]. The molecule has 88 valence electrons. The van der Waals surface area contributed by atoms with Gasteiger partial charge in [-0.05, 0) is 13.8 Å². The molecule has 9 nitrogen and oxygen atoms in total. The maximum Gasteiger partial charge on any atom is 1.00 e. The van der Waals surface area contributed by atoms with Crippen molar-refractivity contribution >= 4 is 26.6 Å². The summed E-state index contributed by atoms with van der Waals surface area (Å²) in [5.74, 6) is 0.167. The molecule has 0 aromatic carbocycles. The van der Waals surface area contributed by atoms with Gasteiger partial charge in [0.2, 0.25) is 20.8 Å². The summed E-state index contributed by atoms with van der Waals surface area (Å²) < 4.78 is 65.7. The van der Waals surface area contributed by atoms with E-state index in [1.807, 2.05) is 0 Å². The zero-order chi connectivity index (χ0) is 12.6. The molecular weight excluding hydrogens is 290 g/mol. The molecule has 13 heteroatoms. The molecule has 0 amide bonds. The third kappa shape index (κ3) is 1610. The zero-order valence-corrected chi connectivity index (χ0v) is 14.7. The quantitative estimate of drug-likeness (QED) is 0.250. The molecule has 0 unspecified atom stereocenters. The van der Waals surface area contributed by atoms with Gasteiger partial charge in [-0.1, -0.05) is 0 Å². The zero-order valence-electron chi connectivity index (χ0n) is 9.07. The van der Waals surface area contributed by atoms with Crippen LogP contribution in [0.15, 0.2) is 0 Å². The number of hydrogen-bond acceptors (Lipinski definition) is 7. The molecule has 0 saturated carbocycles. The minimum Gasteiger partial charge on any atom is -0.726 e. The normalized spacial score (nSPS) is 8.88. The molecule has 0 bridgehead atoms.